The Balaban J connectivity index is 2.43. The molecule has 0 saturated heterocycles. The molecule has 2 unspecified atom stereocenters. The first-order chi connectivity index (χ1) is 8.06. The van der Waals surface area contributed by atoms with E-state index in [1.165, 1.54) is 0 Å². The fraction of sp³-hybridized carbons (Fsp3) is 0.500. The highest BCUT2D eigenvalue weighted by Gasteiger charge is 2.60. The first-order valence-corrected chi connectivity index (χ1v) is 5.94. The zero-order chi connectivity index (χ0) is 12.6. The molecule has 1 aliphatic rings. The number of benzene rings is 1. The van der Waals surface area contributed by atoms with Gasteiger partial charge in [0.25, 0.3) is 0 Å². The zero-order valence-electron chi connectivity index (χ0n) is 10.5. The SMILES string of the molecule is CCC1CC1(C(=O)O)c1ccc(C)c(OC)c1. The van der Waals surface area contributed by atoms with Crippen LogP contribution in [0.5, 0.6) is 5.75 Å². The minimum atomic E-state index is -0.713. The lowest BCUT2D eigenvalue weighted by atomic mass is 9.91. The quantitative estimate of drug-likeness (QED) is 0.871. The summed E-state index contributed by atoms with van der Waals surface area (Å²) in [6.45, 7) is 4.00. The van der Waals surface area contributed by atoms with Crippen molar-refractivity contribution in [2.24, 2.45) is 5.92 Å². The smallest absolute Gasteiger partial charge is 0.314 e. The second-order valence-corrected chi connectivity index (χ2v) is 4.77. The molecule has 2 atom stereocenters. The number of aliphatic carboxylic acids is 1. The lowest BCUT2D eigenvalue weighted by molar-refractivity contribution is -0.140. The topological polar surface area (TPSA) is 46.5 Å². The maximum absolute atomic E-state index is 11.5. The van der Waals surface area contributed by atoms with E-state index in [1.54, 1.807) is 7.11 Å². The highest BCUT2D eigenvalue weighted by molar-refractivity contribution is 5.86. The Hall–Kier alpha value is -1.51. The number of ether oxygens (including phenoxy) is 1. The molecule has 1 fully saturated rings. The van der Waals surface area contributed by atoms with Gasteiger partial charge >= 0.3 is 5.97 Å². The molecule has 92 valence electrons. The summed E-state index contributed by atoms with van der Waals surface area (Å²) < 4.78 is 5.26. The van der Waals surface area contributed by atoms with Crippen molar-refractivity contribution >= 4 is 5.97 Å². The zero-order valence-corrected chi connectivity index (χ0v) is 10.5. The molecule has 0 aliphatic heterocycles. The number of hydrogen-bond acceptors (Lipinski definition) is 2. The standard InChI is InChI=1S/C14H18O3/c1-4-10-8-14(10,13(15)16)11-6-5-9(2)12(7-11)17-3/h5-7,10H,4,8H2,1-3H3,(H,15,16). The second kappa shape index (κ2) is 4.06. The summed E-state index contributed by atoms with van der Waals surface area (Å²) in [4.78, 5) is 11.5. The molecule has 0 amide bonds. The van der Waals surface area contributed by atoms with Crippen LogP contribution in [-0.4, -0.2) is 18.2 Å². The Morgan fingerprint density at radius 3 is 2.76 bits per heavy atom. The number of hydrogen-bond donors (Lipinski definition) is 1. The number of carbonyl (C=O) groups is 1. The summed E-state index contributed by atoms with van der Waals surface area (Å²) in [6, 6.07) is 5.73. The number of carboxylic acid groups (broad SMARTS) is 1. The predicted octanol–water partition coefficient (Wildman–Crippen LogP) is 2.76. The molecule has 17 heavy (non-hydrogen) atoms. The number of carboxylic acids is 1. The molecule has 1 N–H and O–H groups in total. The van der Waals surface area contributed by atoms with Crippen molar-refractivity contribution in [3.63, 3.8) is 0 Å². The average molecular weight is 234 g/mol. The van der Waals surface area contributed by atoms with Gasteiger partial charge in [-0.05, 0) is 36.5 Å². The van der Waals surface area contributed by atoms with Gasteiger partial charge in [0.1, 0.15) is 5.75 Å². The van der Waals surface area contributed by atoms with Crippen LogP contribution in [0.2, 0.25) is 0 Å². The van der Waals surface area contributed by atoms with Gasteiger partial charge in [0.05, 0.1) is 12.5 Å². The van der Waals surface area contributed by atoms with Gasteiger partial charge in [-0.2, -0.15) is 0 Å². The molecule has 0 bridgehead atoms. The van der Waals surface area contributed by atoms with Gasteiger partial charge in [0.2, 0.25) is 0 Å². The molecule has 3 nitrogen and oxygen atoms in total. The van der Waals surface area contributed by atoms with Crippen molar-refractivity contribution in [3.8, 4) is 5.75 Å². The first-order valence-electron chi connectivity index (χ1n) is 5.94. The normalized spacial score (nSPS) is 26.6. The van der Waals surface area contributed by atoms with Crippen LogP contribution in [0, 0.1) is 12.8 Å². The molecule has 1 aliphatic carbocycles. The van der Waals surface area contributed by atoms with Crippen LogP contribution in [0.1, 0.15) is 30.9 Å². The maximum atomic E-state index is 11.5. The number of methoxy groups -OCH3 is 1. The number of rotatable bonds is 4. The van der Waals surface area contributed by atoms with E-state index in [2.05, 4.69) is 0 Å². The Bertz CT molecular complexity index is 453. The highest BCUT2D eigenvalue weighted by atomic mass is 16.5. The molecule has 1 saturated carbocycles. The van der Waals surface area contributed by atoms with Crippen molar-refractivity contribution in [2.45, 2.75) is 32.1 Å². The van der Waals surface area contributed by atoms with Crippen molar-refractivity contribution < 1.29 is 14.6 Å². The molecule has 0 radical (unpaired) electrons. The van der Waals surface area contributed by atoms with E-state index in [0.29, 0.717) is 0 Å². The molecular weight excluding hydrogens is 216 g/mol. The molecule has 0 spiro atoms. The van der Waals surface area contributed by atoms with Gasteiger partial charge in [0.15, 0.2) is 0 Å². The molecular formula is C14H18O3. The van der Waals surface area contributed by atoms with Crippen molar-refractivity contribution in [3.05, 3.63) is 29.3 Å². The van der Waals surface area contributed by atoms with Crippen LogP contribution in [0.4, 0.5) is 0 Å². The third-order valence-corrected chi connectivity index (χ3v) is 3.90. The van der Waals surface area contributed by atoms with Crippen LogP contribution < -0.4 is 4.74 Å². The van der Waals surface area contributed by atoms with Crippen LogP contribution >= 0.6 is 0 Å². The Labute approximate surface area is 101 Å². The molecule has 0 heterocycles. The average Bonchev–Trinajstić information content (AvgIpc) is 3.05. The van der Waals surface area contributed by atoms with Gasteiger partial charge < -0.3 is 9.84 Å². The van der Waals surface area contributed by atoms with Crippen molar-refractivity contribution in [2.75, 3.05) is 7.11 Å². The third kappa shape index (κ3) is 1.70. The van der Waals surface area contributed by atoms with Crippen LogP contribution in [-0.2, 0) is 10.2 Å². The minimum absolute atomic E-state index is 0.257. The number of aryl methyl sites for hydroxylation is 1. The molecule has 0 aromatic heterocycles. The molecule has 1 aromatic rings. The van der Waals surface area contributed by atoms with Crippen LogP contribution in [0.3, 0.4) is 0 Å². The second-order valence-electron chi connectivity index (χ2n) is 4.77. The van der Waals surface area contributed by atoms with E-state index >= 15 is 0 Å². The summed E-state index contributed by atoms with van der Waals surface area (Å²) in [6.07, 6.45) is 1.65. The van der Waals surface area contributed by atoms with Gasteiger partial charge in [0, 0.05) is 0 Å². The van der Waals surface area contributed by atoms with E-state index in [-0.39, 0.29) is 5.92 Å². The van der Waals surface area contributed by atoms with Gasteiger partial charge in [-0.3, -0.25) is 4.79 Å². The Kier molecular flexibility index (Phi) is 2.86. The molecule has 2 rings (SSSR count). The van der Waals surface area contributed by atoms with Gasteiger partial charge in [-0.25, -0.2) is 0 Å². The monoisotopic (exact) mass is 234 g/mol. The first kappa shape index (κ1) is 12.0. The third-order valence-electron chi connectivity index (χ3n) is 3.90. The lowest BCUT2D eigenvalue weighted by Crippen LogP contribution is -2.22. The fourth-order valence-electron chi connectivity index (χ4n) is 2.66. The van der Waals surface area contributed by atoms with E-state index in [4.69, 9.17) is 4.74 Å². The molecule has 1 aromatic carbocycles. The largest absolute Gasteiger partial charge is 0.496 e. The highest BCUT2D eigenvalue weighted by Crippen LogP contribution is 2.56. The van der Waals surface area contributed by atoms with E-state index in [0.717, 1.165) is 29.7 Å². The van der Waals surface area contributed by atoms with E-state index in [1.807, 2.05) is 32.0 Å². The van der Waals surface area contributed by atoms with E-state index < -0.39 is 11.4 Å². The van der Waals surface area contributed by atoms with Crippen molar-refractivity contribution in [1.82, 2.24) is 0 Å². The van der Waals surface area contributed by atoms with Crippen molar-refractivity contribution in [1.29, 1.82) is 0 Å². The Morgan fingerprint density at radius 1 is 1.59 bits per heavy atom. The molecule has 3 heteroatoms. The summed E-state index contributed by atoms with van der Waals surface area (Å²) in [5.41, 5.74) is 1.24. The van der Waals surface area contributed by atoms with Crippen LogP contribution in [0.15, 0.2) is 18.2 Å². The lowest BCUT2D eigenvalue weighted by Gasteiger charge is -2.15. The maximum Gasteiger partial charge on any atom is 0.314 e. The summed E-state index contributed by atoms with van der Waals surface area (Å²) >= 11 is 0. The fourth-order valence-corrected chi connectivity index (χ4v) is 2.66. The summed E-state index contributed by atoms with van der Waals surface area (Å²) in [7, 11) is 1.61. The summed E-state index contributed by atoms with van der Waals surface area (Å²) in [5.74, 6) is 0.313. The van der Waals surface area contributed by atoms with Gasteiger partial charge in [-0.1, -0.05) is 25.5 Å². The summed E-state index contributed by atoms with van der Waals surface area (Å²) in [5, 5.41) is 9.45. The predicted molar refractivity (Wildman–Crippen MR) is 65.4 cm³/mol. The van der Waals surface area contributed by atoms with E-state index in [9.17, 15) is 9.90 Å². The Morgan fingerprint density at radius 2 is 2.29 bits per heavy atom. The minimum Gasteiger partial charge on any atom is -0.496 e. The van der Waals surface area contributed by atoms with Gasteiger partial charge in [-0.15, -0.1) is 0 Å². The van der Waals surface area contributed by atoms with Crippen LogP contribution in [0.25, 0.3) is 0 Å².